The summed E-state index contributed by atoms with van der Waals surface area (Å²) in [6.07, 6.45) is 2.19. The lowest BCUT2D eigenvalue weighted by molar-refractivity contribution is -0.801. The van der Waals surface area contributed by atoms with Gasteiger partial charge in [-0.05, 0) is 6.92 Å². The molecule has 0 saturated carbocycles. The number of carbonyl (C=O) groups excluding carboxylic acids is 1. The van der Waals surface area contributed by atoms with Gasteiger partial charge in [-0.1, -0.05) is 0 Å². The molecule has 0 aromatic heterocycles. The van der Waals surface area contributed by atoms with E-state index in [9.17, 15) is 4.79 Å². The molecule has 4 heteroatoms. The molecule has 4 nitrogen and oxygen atoms in total. The van der Waals surface area contributed by atoms with Gasteiger partial charge in [-0.3, -0.25) is 4.79 Å². The molecule has 0 radical (unpaired) electrons. The van der Waals surface area contributed by atoms with Crippen LogP contribution in [0.5, 0.6) is 0 Å². The topological polar surface area (TPSA) is 57.3 Å². The molecule has 1 aliphatic heterocycles. The van der Waals surface area contributed by atoms with E-state index in [-0.39, 0.29) is 5.91 Å². The van der Waals surface area contributed by atoms with Gasteiger partial charge >= 0.3 is 0 Å². The van der Waals surface area contributed by atoms with Crippen LogP contribution >= 0.6 is 0 Å². The molecule has 0 aliphatic carbocycles. The molecular weight excluding hydrogens is 178 g/mol. The third-order valence-electron chi connectivity index (χ3n) is 1.95. The lowest BCUT2D eigenvalue weighted by Gasteiger charge is -2.16. The number of carbonyl (C=O) groups is 1. The van der Waals surface area contributed by atoms with Crippen molar-refractivity contribution in [2.24, 2.45) is 0 Å². The van der Waals surface area contributed by atoms with E-state index in [0.29, 0.717) is 17.7 Å². The van der Waals surface area contributed by atoms with Crippen LogP contribution in [0.4, 0.5) is 0 Å². The Morgan fingerprint density at radius 2 is 2.21 bits per heavy atom. The van der Waals surface area contributed by atoms with Crippen LogP contribution in [0, 0.1) is 11.3 Å². The normalized spacial score (nSPS) is 19.9. The molecule has 1 heterocycles. The Balaban J connectivity index is 3.12. The molecule has 1 rings (SSSR count). The molecule has 1 aliphatic rings. The van der Waals surface area contributed by atoms with Crippen LogP contribution in [0.3, 0.4) is 0 Å². The predicted octanol–water partition coefficient (Wildman–Crippen LogP) is -0.668. The van der Waals surface area contributed by atoms with Gasteiger partial charge in [0.2, 0.25) is 5.91 Å². The maximum absolute atomic E-state index is 11.2. The van der Waals surface area contributed by atoms with Gasteiger partial charge < -0.3 is 10.2 Å². The number of nitrogens with zero attached hydrogens (tertiary/aromatic N) is 1. The summed E-state index contributed by atoms with van der Waals surface area (Å²) in [5, 5.41) is 11.6. The number of hydrogen-bond donors (Lipinski definition) is 2. The Hall–Kier alpha value is -1.60. The zero-order valence-electron chi connectivity index (χ0n) is 8.64. The van der Waals surface area contributed by atoms with Crippen LogP contribution in [0.25, 0.3) is 0 Å². The first-order chi connectivity index (χ1) is 6.54. The second-order valence-corrected chi connectivity index (χ2v) is 3.58. The van der Waals surface area contributed by atoms with Crippen molar-refractivity contribution in [1.82, 2.24) is 5.32 Å². The lowest BCUT2D eigenvalue weighted by Crippen LogP contribution is -3.00. The fourth-order valence-corrected chi connectivity index (χ4v) is 1.45. The van der Waals surface area contributed by atoms with E-state index in [1.54, 1.807) is 6.92 Å². The molecule has 74 valence electrons. The molecule has 1 amide bonds. The number of nitrogens with one attached hydrogen (secondary N) is 2. The average molecular weight is 192 g/mol. The Morgan fingerprint density at radius 3 is 2.71 bits per heavy atom. The van der Waals surface area contributed by atoms with Crippen molar-refractivity contribution in [3.8, 4) is 6.07 Å². The van der Waals surface area contributed by atoms with Gasteiger partial charge in [0.1, 0.15) is 6.07 Å². The summed E-state index contributed by atoms with van der Waals surface area (Å²) in [7, 11) is 3.90. The largest absolute Gasteiger partial charge is 0.328 e. The summed E-state index contributed by atoms with van der Waals surface area (Å²) in [4.78, 5) is 12.3. The summed E-state index contributed by atoms with van der Waals surface area (Å²) >= 11 is 0. The first kappa shape index (κ1) is 10.5. The highest BCUT2D eigenvalue weighted by Gasteiger charge is 2.21. The summed E-state index contributed by atoms with van der Waals surface area (Å²) in [6.45, 7) is 1.74. The fraction of sp³-hybridized carbons (Fsp3) is 0.400. The zero-order valence-corrected chi connectivity index (χ0v) is 8.64. The minimum Gasteiger partial charge on any atom is -0.328 e. The highest BCUT2D eigenvalue weighted by Crippen LogP contribution is 2.19. The van der Waals surface area contributed by atoms with E-state index in [1.165, 1.54) is 0 Å². The smallest absolute Gasteiger partial charge is 0.228 e. The number of allylic oxidation sites excluding steroid dienone is 2. The molecule has 0 saturated heterocycles. The Morgan fingerprint density at radius 1 is 1.57 bits per heavy atom. The van der Waals surface area contributed by atoms with Crippen LogP contribution in [-0.2, 0) is 4.79 Å². The third kappa shape index (κ3) is 2.21. The molecular formula is C10H14N3O+. The Labute approximate surface area is 83.5 Å². The molecule has 2 N–H and O–H groups in total. The standard InChI is InChI=1S/C10H13N3O/c1-7-9(5-11)8(6-13(2)3)4-10(14)12-7/h6H,4H2,1-3H3,(H,12,14)/p+1. The van der Waals surface area contributed by atoms with Crippen molar-refractivity contribution < 1.29 is 9.69 Å². The quantitative estimate of drug-likeness (QED) is 0.579. The molecule has 0 aromatic rings. The monoisotopic (exact) mass is 192 g/mol. The maximum atomic E-state index is 11.2. The minimum atomic E-state index is -0.0472. The first-order valence-corrected chi connectivity index (χ1v) is 4.46. The lowest BCUT2D eigenvalue weighted by atomic mass is 9.99. The highest BCUT2D eigenvalue weighted by atomic mass is 16.1. The SMILES string of the molecule is CC1=C(C#N)C(=C[NH+](C)C)CC(=O)N1. The second-order valence-electron chi connectivity index (χ2n) is 3.58. The van der Waals surface area contributed by atoms with Crippen molar-refractivity contribution >= 4 is 5.91 Å². The Kier molecular flexibility index (Phi) is 3.05. The predicted molar refractivity (Wildman–Crippen MR) is 52.0 cm³/mol. The molecule has 0 bridgehead atoms. The summed E-state index contributed by atoms with van der Waals surface area (Å²) in [5.74, 6) is -0.0472. The van der Waals surface area contributed by atoms with E-state index >= 15 is 0 Å². The van der Waals surface area contributed by atoms with E-state index < -0.39 is 0 Å². The van der Waals surface area contributed by atoms with Gasteiger partial charge in [0.05, 0.1) is 32.3 Å². The Bertz CT molecular complexity index is 358. The summed E-state index contributed by atoms with van der Waals surface area (Å²) in [5.41, 5.74) is 2.05. The van der Waals surface area contributed by atoms with Crippen molar-refractivity contribution in [3.05, 3.63) is 23.0 Å². The number of nitriles is 1. The second kappa shape index (κ2) is 4.07. The van der Waals surface area contributed by atoms with Gasteiger partial charge in [-0.15, -0.1) is 0 Å². The van der Waals surface area contributed by atoms with E-state index in [4.69, 9.17) is 5.26 Å². The van der Waals surface area contributed by atoms with Crippen molar-refractivity contribution in [1.29, 1.82) is 5.26 Å². The van der Waals surface area contributed by atoms with Gasteiger partial charge in [0.15, 0.2) is 0 Å². The number of amides is 1. The number of quaternary nitrogens is 1. The van der Waals surface area contributed by atoms with Gasteiger partial charge in [-0.2, -0.15) is 5.26 Å². The van der Waals surface area contributed by atoms with Crippen molar-refractivity contribution in [2.45, 2.75) is 13.3 Å². The molecule has 0 atom stereocenters. The molecule has 0 fully saturated rings. The highest BCUT2D eigenvalue weighted by molar-refractivity contribution is 5.84. The molecule has 0 aromatic carbocycles. The van der Waals surface area contributed by atoms with Crippen LogP contribution in [0.2, 0.25) is 0 Å². The van der Waals surface area contributed by atoms with Crippen molar-refractivity contribution in [3.63, 3.8) is 0 Å². The maximum Gasteiger partial charge on any atom is 0.228 e. The van der Waals surface area contributed by atoms with Crippen molar-refractivity contribution in [2.75, 3.05) is 14.1 Å². The van der Waals surface area contributed by atoms with E-state index in [2.05, 4.69) is 11.4 Å². The van der Waals surface area contributed by atoms with Crippen LogP contribution in [0.15, 0.2) is 23.0 Å². The van der Waals surface area contributed by atoms with Gasteiger partial charge in [0.25, 0.3) is 0 Å². The fourth-order valence-electron chi connectivity index (χ4n) is 1.45. The van der Waals surface area contributed by atoms with Crippen LogP contribution in [-0.4, -0.2) is 20.0 Å². The molecule has 0 spiro atoms. The van der Waals surface area contributed by atoms with Crippen LogP contribution < -0.4 is 10.2 Å². The molecule has 0 unspecified atom stereocenters. The van der Waals surface area contributed by atoms with E-state index in [1.807, 2.05) is 20.3 Å². The summed E-state index contributed by atoms with van der Waals surface area (Å²) in [6, 6.07) is 2.11. The number of hydrogen-bond acceptors (Lipinski definition) is 2. The number of rotatable bonds is 1. The minimum absolute atomic E-state index is 0.0472. The zero-order chi connectivity index (χ0) is 10.7. The van der Waals surface area contributed by atoms with E-state index in [0.717, 1.165) is 10.5 Å². The van der Waals surface area contributed by atoms with Gasteiger partial charge in [-0.25, -0.2) is 0 Å². The summed E-state index contributed by atoms with van der Waals surface area (Å²) < 4.78 is 0. The third-order valence-corrected chi connectivity index (χ3v) is 1.95. The van der Waals surface area contributed by atoms with Gasteiger partial charge in [0, 0.05) is 11.3 Å². The van der Waals surface area contributed by atoms with Crippen LogP contribution in [0.1, 0.15) is 13.3 Å². The molecule has 14 heavy (non-hydrogen) atoms. The first-order valence-electron chi connectivity index (χ1n) is 4.46. The average Bonchev–Trinajstić information content (AvgIpc) is 2.01.